The molecular weight excluding hydrogens is 240 g/mol. The van der Waals surface area contributed by atoms with Crippen molar-refractivity contribution >= 4 is 17.8 Å². The summed E-state index contributed by atoms with van der Waals surface area (Å²) in [5.74, 6) is -0.683. The van der Waals surface area contributed by atoms with Crippen molar-refractivity contribution in [2.75, 3.05) is 0 Å². The van der Waals surface area contributed by atoms with Crippen LogP contribution in [0.15, 0.2) is 48.5 Å². The molecule has 0 aliphatic carbocycles. The predicted molar refractivity (Wildman–Crippen MR) is 64.8 cm³/mol. The Morgan fingerprint density at radius 1 is 1.06 bits per heavy atom. The quantitative estimate of drug-likeness (QED) is 0.886. The van der Waals surface area contributed by atoms with E-state index >= 15 is 0 Å². The summed E-state index contributed by atoms with van der Waals surface area (Å²) in [6.07, 6.45) is 0. The number of hydrogen-bond acceptors (Lipinski definition) is 3. The number of rotatable bonds is 2. The minimum absolute atomic E-state index is 0.00997. The molecule has 0 bridgehead atoms. The Hall–Kier alpha value is -2.00. The zero-order chi connectivity index (χ0) is 12.3. The Balaban J connectivity index is 2.64. The average Bonchev–Trinajstić information content (AvgIpc) is 2.38. The van der Waals surface area contributed by atoms with E-state index in [4.69, 9.17) is 11.9 Å². The molecule has 0 aromatic heterocycles. The van der Waals surface area contributed by atoms with E-state index < -0.39 is 5.97 Å². The summed E-state index contributed by atoms with van der Waals surface area (Å²) in [4.78, 5) is 11.5. The molecule has 0 saturated carbocycles. The van der Waals surface area contributed by atoms with Crippen LogP contribution >= 0.6 is 11.9 Å². The monoisotopic (exact) mass is 248 g/mol. The van der Waals surface area contributed by atoms with Crippen LogP contribution < -0.4 is 0 Å². The smallest absolute Gasteiger partial charge is 0.357 e. The Kier molecular flexibility index (Phi) is 3.30. The van der Waals surface area contributed by atoms with Gasteiger partial charge < -0.3 is 9.40 Å². The summed E-state index contributed by atoms with van der Waals surface area (Å²) in [5.41, 5.74) is 1.37. The lowest BCUT2D eigenvalue weighted by Crippen LogP contribution is -2.01. The molecule has 0 aliphatic heterocycles. The van der Waals surface area contributed by atoms with E-state index in [2.05, 4.69) is 4.29 Å². The number of phenols is 1. The van der Waals surface area contributed by atoms with Gasteiger partial charge >= 0.3 is 5.97 Å². The van der Waals surface area contributed by atoms with Crippen molar-refractivity contribution in [3.8, 4) is 16.9 Å². The number of benzene rings is 2. The second-order valence-corrected chi connectivity index (χ2v) is 3.58. The largest absolute Gasteiger partial charge is 0.507 e. The topological polar surface area (TPSA) is 46.5 Å². The fraction of sp³-hybridized carbons (Fsp3) is 0. The first-order chi connectivity index (χ1) is 8.24. The Bertz CT molecular complexity index is 538. The lowest BCUT2D eigenvalue weighted by molar-refractivity contribution is 0.0751. The molecule has 0 amide bonds. The molecule has 0 unspecified atom stereocenters. The summed E-state index contributed by atoms with van der Waals surface area (Å²) in [5, 5.41) is 9.84. The molecule has 3 nitrogen and oxygen atoms in total. The third-order valence-electron chi connectivity index (χ3n) is 2.39. The lowest BCUT2D eigenvalue weighted by Gasteiger charge is -2.08. The van der Waals surface area contributed by atoms with Gasteiger partial charge in [0.05, 0.1) is 5.56 Å². The van der Waals surface area contributed by atoms with E-state index in [-0.39, 0.29) is 11.3 Å². The number of carbonyl (C=O) groups is 1. The van der Waals surface area contributed by atoms with Crippen molar-refractivity contribution in [3.63, 3.8) is 0 Å². The predicted octanol–water partition coefficient (Wildman–Crippen LogP) is 3.37. The van der Waals surface area contributed by atoms with E-state index in [0.717, 1.165) is 5.56 Å². The number of carbonyl (C=O) groups excluding carboxylic acids is 1. The maximum Gasteiger partial charge on any atom is 0.357 e. The van der Waals surface area contributed by atoms with Crippen molar-refractivity contribution in [3.05, 3.63) is 54.1 Å². The van der Waals surface area contributed by atoms with Gasteiger partial charge in [0.1, 0.15) is 17.6 Å². The highest BCUT2D eigenvalue weighted by atomic mass is 35.5. The Morgan fingerprint density at radius 2 is 1.76 bits per heavy atom. The summed E-state index contributed by atoms with van der Waals surface area (Å²) in [6.45, 7) is 0. The van der Waals surface area contributed by atoms with Crippen molar-refractivity contribution in [2.45, 2.75) is 0 Å². The Labute approximate surface area is 103 Å². The summed E-state index contributed by atoms with van der Waals surface area (Å²) in [7, 11) is 0. The minimum Gasteiger partial charge on any atom is -0.507 e. The van der Waals surface area contributed by atoms with Gasteiger partial charge in [-0.1, -0.05) is 36.4 Å². The molecule has 2 aromatic carbocycles. The summed E-state index contributed by atoms with van der Waals surface area (Å²) < 4.78 is 4.18. The molecule has 4 heteroatoms. The third-order valence-corrected chi connectivity index (χ3v) is 2.54. The fourth-order valence-electron chi connectivity index (χ4n) is 1.66. The highest BCUT2D eigenvalue weighted by Crippen LogP contribution is 2.32. The van der Waals surface area contributed by atoms with Crippen LogP contribution in [0, 0.1) is 0 Å². The van der Waals surface area contributed by atoms with Gasteiger partial charge in [-0.15, -0.1) is 0 Å². The van der Waals surface area contributed by atoms with E-state index in [9.17, 15) is 9.90 Å². The van der Waals surface area contributed by atoms with Gasteiger partial charge in [0.2, 0.25) is 0 Å². The number of hydrogen-bond donors (Lipinski definition) is 1. The fourth-order valence-corrected chi connectivity index (χ4v) is 1.74. The minimum atomic E-state index is -0.693. The van der Waals surface area contributed by atoms with Gasteiger partial charge in [-0.3, -0.25) is 0 Å². The SMILES string of the molecule is O=C(OCl)c1cccc(O)c1-c1ccccc1. The molecule has 0 saturated heterocycles. The highest BCUT2D eigenvalue weighted by Gasteiger charge is 2.17. The molecular formula is C13H9ClO3. The first kappa shape index (κ1) is 11.5. The number of phenolic OH excluding ortho intramolecular Hbond substituents is 1. The summed E-state index contributed by atoms with van der Waals surface area (Å²) in [6, 6.07) is 13.7. The van der Waals surface area contributed by atoms with Gasteiger partial charge in [0.15, 0.2) is 0 Å². The highest BCUT2D eigenvalue weighted by molar-refractivity contribution is 6.17. The molecule has 2 rings (SSSR count). The van der Waals surface area contributed by atoms with E-state index in [0.29, 0.717) is 5.56 Å². The van der Waals surface area contributed by atoms with E-state index in [1.807, 2.05) is 18.2 Å². The zero-order valence-electron chi connectivity index (χ0n) is 8.76. The molecule has 86 valence electrons. The first-order valence-electron chi connectivity index (χ1n) is 4.94. The van der Waals surface area contributed by atoms with Gasteiger partial charge in [-0.05, 0) is 17.7 Å². The molecule has 1 N–H and O–H groups in total. The molecule has 0 radical (unpaired) electrons. The van der Waals surface area contributed by atoms with Crippen LogP contribution in [0.5, 0.6) is 5.75 Å². The van der Waals surface area contributed by atoms with Crippen LogP contribution in [0.1, 0.15) is 10.4 Å². The second kappa shape index (κ2) is 4.89. The third kappa shape index (κ3) is 2.24. The second-order valence-electron chi connectivity index (χ2n) is 3.43. The van der Waals surface area contributed by atoms with Gasteiger partial charge in [0.25, 0.3) is 0 Å². The van der Waals surface area contributed by atoms with Crippen LogP contribution in [-0.4, -0.2) is 11.1 Å². The van der Waals surface area contributed by atoms with Crippen molar-refractivity contribution < 1.29 is 14.2 Å². The normalized spacial score (nSPS) is 9.94. The standard InChI is InChI=1S/C13H9ClO3/c14-17-13(16)10-7-4-8-11(15)12(10)9-5-2-1-3-6-9/h1-8,15H. The van der Waals surface area contributed by atoms with Crippen LogP contribution in [0.4, 0.5) is 0 Å². The van der Waals surface area contributed by atoms with Crippen molar-refractivity contribution in [1.29, 1.82) is 0 Å². The van der Waals surface area contributed by atoms with Crippen LogP contribution in [0.2, 0.25) is 0 Å². The van der Waals surface area contributed by atoms with Gasteiger partial charge in [-0.25, -0.2) is 4.79 Å². The molecule has 2 aromatic rings. The maximum atomic E-state index is 11.5. The Morgan fingerprint density at radius 3 is 2.41 bits per heavy atom. The zero-order valence-corrected chi connectivity index (χ0v) is 9.52. The van der Waals surface area contributed by atoms with Crippen molar-refractivity contribution in [1.82, 2.24) is 0 Å². The van der Waals surface area contributed by atoms with Gasteiger partial charge in [0, 0.05) is 5.56 Å². The molecule has 0 spiro atoms. The first-order valence-corrected chi connectivity index (χ1v) is 5.25. The molecule has 0 atom stereocenters. The average molecular weight is 249 g/mol. The molecule has 0 aliphatic rings. The maximum absolute atomic E-state index is 11.5. The number of aromatic hydroxyl groups is 1. The molecule has 0 heterocycles. The van der Waals surface area contributed by atoms with Crippen molar-refractivity contribution in [2.24, 2.45) is 0 Å². The van der Waals surface area contributed by atoms with Crippen LogP contribution in [-0.2, 0) is 4.29 Å². The summed E-state index contributed by atoms with van der Waals surface area (Å²) >= 11 is 5.07. The lowest BCUT2D eigenvalue weighted by atomic mass is 9.99. The van der Waals surface area contributed by atoms with E-state index in [1.54, 1.807) is 24.3 Å². The van der Waals surface area contributed by atoms with Crippen LogP contribution in [0.3, 0.4) is 0 Å². The van der Waals surface area contributed by atoms with E-state index in [1.165, 1.54) is 6.07 Å². The number of halogens is 1. The molecule has 0 fully saturated rings. The van der Waals surface area contributed by atoms with Crippen LogP contribution in [0.25, 0.3) is 11.1 Å². The van der Waals surface area contributed by atoms with Gasteiger partial charge in [-0.2, -0.15) is 0 Å². The molecule has 17 heavy (non-hydrogen) atoms.